The first-order valence-corrected chi connectivity index (χ1v) is 3.58. The second-order valence-corrected chi connectivity index (χ2v) is 2.57. The fraction of sp³-hybridized carbons (Fsp3) is 0.750. The van der Waals surface area contributed by atoms with Crippen molar-refractivity contribution in [2.45, 2.75) is 26.1 Å². The molecule has 0 fully saturated rings. The van der Waals surface area contributed by atoms with Gasteiger partial charge in [0, 0.05) is 13.0 Å². The van der Waals surface area contributed by atoms with Crippen LogP contribution in [0.3, 0.4) is 0 Å². The lowest BCUT2D eigenvalue weighted by Crippen LogP contribution is -2.28. The molecule has 65 valence electrons. The van der Waals surface area contributed by atoms with E-state index in [9.17, 15) is 4.79 Å². The van der Waals surface area contributed by atoms with Crippen LogP contribution in [0.5, 0.6) is 0 Å². The normalized spacial score (nSPS) is 18.5. The Balaban J connectivity index is 3.79. The highest BCUT2D eigenvalue weighted by atomic mass is 16.5. The van der Waals surface area contributed by atoms with Crippen LogP contribution in [0.4, 0.5) is 0 Å². The van der Waals surface area contributed by atoms with E-state index in [2.05, 4.69) is 11.7 Å². The number of rotatable bonds is 5. The van der Waals surface area contributed by atoms with Crippen LogP contribution in [0, 0.1) is 12.8 Å². The van der Waals surface area contributed by atoms with Gasteiger partial charge in [-0.05, 0) is 13.8 Å². The van der Waals surface area contributed by atoms with Crippen LogP contribution in [0.1, 0.15) is 13.8 Å². The van der Waals surface area contributed by atoms with E-state index in [4.69, 9.17) is 4.74 Å². The SMILES string of the molecule is [CH2]C(OC=O)C(C)C(C)OC. The molecule has 0 N–H and O–H groups in total. The summed E-state index contributed by atoms with van der Waals surface area (Å²) in [5.74, 6) is 0.116. The molecule has 11 heavy (non-hydrogen) atoms. The average Bonchev–Trinajstić information content (AvgIpc) is 2.02. The van der Waals surface area contributed by atoms with Gasteiger partial charge >= 0.3 is 0 Å². The van der Waals surface area contributed by atoms with Crippen molar-refractivity contribution in [3.63, 3.8) is 0 Å². The molecule has 0 aromatic carbocycles. The smallest absolute Gasteiger partial charge is 0.293 e. The van der Waals surface area contributed by atoms with Crippen LogP contribution in [0.25, 0.3) is 0 Å². The number of hydrogen-bond donors (Lipinski definition) is 0. The number of carbonyl (C=O) groups excluding carboxylic acids is 1. The van der Waals surface area contributed by atoms with E-state index in [-0.39, 0.29) is 18.1 Å². The summed E-state index contributed by atoms with van der Waals surface area (Å²) in [4.78, 5) is 9.93. The highest BCUT2D eigenvalue weighted by molar-refractivity contribution is 5.37. The van der Waals surface area contributed by atoms with Crippen molar-refractivity contribution < 1.29 is 14.3 Å². The highest BCUT2D eigenvalue weighted by Crippen LogP contribution is 2.12. The molecule has 0 aliphatic rings. The molecular weight excluding hydrogens is 144 g/mol. The van der Waals surface area contributed by atoms with Gasteiger partial charge in [-0.1, -0.05) is 6.92 Å². The molecule has 0 heterocycles. The molecule has 0 spiro atoms. The summed E-state index contributed by atoms with van der Waals surface area (Å²) in [7, 11) is 1.62. The Labute approximate surface area is 67.7 Å². The summed E-state index contributed by atoms with van der Waals surface area (Å²) in [6.07, 6.45) is -0.278. The van der Waals surface area contributed by atoms with Gasteiger partial charge < -0.3 is 9.47 Å². The van der Waals surface area contributed by atoms with E-state index in [0.717, 1.165) is 0 Å². The Morgan fingerprint density at radius 1 is 1.45 bits per heavy atom. The molecule has 0 bridgehead atoms. The van der Waals surface area contributed by atoms with E-state index in [0.29, 0.717) is 6.47 Å². The first-order valence-electron chi connectivity index (χ1n) is 3.58. The zero-order chi connectivity index (χ0) is 8.85. The van der Waals surface area contributed by atoms with Crippen LogP contribution in [-0.4, -0.2) is 25.8 Å². The average molecular weight is 159 g/mol. The molecule has 0 saturated heterocycles. The number of methoxy groups -OCH3 is 1. The van der Waals surface area contributed by atoms with Gasteiger partial charge in [0.1, 0.15) is 6.10 Å². The van der Waals surface area contributed by atoms with Gasteiger partial charge in [-0.15, -0.1) is 0 Å². The molecule has 0 rings (SSSR count). The topological polar surface area (TPSA) is 35.5 Å². The Kier molecular flexibility index (Phi) is 4.86. The molecule has 3 atom stereocenters. The summed E-state index contributed by atoms with van der Waals surface area (Å²) >= 11 is 0. The summed E-state index contributed by atoms with van der Waals surface area (Å²) in [5.41, 5.74) is 0. The Morgan fingerprint density at radius 2 is 2.00 bits per heavy atom. The van der Waals surface area contributed by atoms with Gasteiger partial charge in [0.2, 0.25) is 0 Å². The van der Waals surface area contributed by atoms with E-state index in [1.165, 1.54) is 0 Å². The predicted molar refractivity (Wildman–Crippen MR) is 41.9 cm³/mol. The molecule has 0 aromatic heterocycles. The lowest BCUT2D eigenvalue weighted by Gasteiger charge is -2.23. The second-order valence-electron chi connectivity index (χ2n) is 2.57. The van der Waals surface area contributed by atoms with Gasteiger partial charge in [-0.2, -0.15) is 0 Å². The molecule has 3 heteroatoms. The van der Waals surface area contributed by atoms with Crippen molar-refractivity contribution in [3.8, 4) is 0 Å². The van der Waals surface area contributed by atoms with Crippen molar-refractivity contribution in [1.29, 1.82) is 0 Å². The first-order chi connectivity index (χ1) is 5.13. The van der Waals surface area contributed by atoms with Gasteiger partial charge in [-0.25, -0.2) is 0 Å². The minimum absolute atomic E-state index is 0.0532. The Hall–Kier alpha value is -0.570. The molecule has 0 aliphatic heterocycles. The third-order valence-electron chi connectivity index (χ3n) is 1.93. The van der Waals surface area contributed by atoms with E-state index in [1.807, 2.05) is 13.8 Å². The minimum atomic E-state index is -0.331. The van der Waals surface area contributed by atoms with Crippen LogP contribution < -0.4 is 0 Å². The third-order valence-corrected chi connectivity index (χ3v) is 1.93. The summed E-state index contributed by atoms with van der Waals surface area (Å²) in [5, 5.41) is 0. The minimum Gasteiger partial charge on any atom is -0.464 e. The molecule has 0 aromatic rings. The van der Waals surface area contributed by atoms with Gasteiger partial charge in [-0.3, -0.25) is 4.79 Å². The maximum absolute atomic E-state index is 9.93. The van der Waals surface area contributed by atoms with E-state index < -0.39 is 0 Å². The lowest BCUT2D eigenvalue weighted by molar-refractivity contribution is -0.135. The van der Waals surface area contributed by atoms with Crippen LogP contribution in [-0.2, 0) is 14.3 Å². The van der Waals surface area contributed by atoms with Gasteiger partial charge in [0.05, 0.1) is 6.10 Å². The molecule has 0 amide bonds. The zero-order valence-electron chi connectivity index (χ0n) is 7.24. The summed E-state index contributed by atoms with van der Waals surface area (Å²) < 4.78 is 9.70. The van der Waals surface area contributed by atoms with Crippen molar-refractivity contribution >= 4 is 6.47 Å². The van der Waals surface area contributed by atoms with Gasteiger partial charge in [0.15, 0.2) is 0 Å². The Bertz CT molecular complexity index is 114. The van der Waals surface area contributed by atoms with Crippen molar-refractivity contribution in [3.05, 3.63) is 6.92 Å². The monoisotopic (exact) mass is 159 g/mol. The van der Waals surface area contributed by atoms with Crippen molar-refractivity contribution in [1.82, 2.24) is 0 Å². The molecule has 1 radical (unpaired) electrons. The number of carbonyl (C=O) groups is 1. The molecule has 3 unspecified atom stereocenters. The maximum Gasteiger partial charge on any atom is 0.293 e. The van der Waals surface area contributed by atoms with Gasteiger partial charge in [0.25, 0.3) is 6.47 Å². The Morgan fingerprint density at radius 3 is 2.36 bits per heavy atom. The highest BCUT2D eigenvalue weighted by Gasteiger charge is 2.19. The standard InChI is InChI=1S/C8H15O3/c1-6(7(2)10-4)8(3)11-5-9/h5-8H,3H2,1-2,4H3. The van der Waals surface area contributed by atoms with Crippen LogP contribution in [0.15, 0.2) is 0 Å². The number of hydrogen-bond acceptors (Lipinski definition) is 3. The fourth-order valence-electron chi connectivity index (χ4n) is 0.712. The third kappa shape index (κ3) is 3.37. The molecular formula is C8H15O3. The summed E-state index contributed by atoms with van der Waals surface area (Å²) in [6.45, 7) is 7.92. The molecule has 0 saturated carbocycles. The largest absolute Gasteiger partial charge is 0.464 e. The van der Waals surface area contributed by atoms with Crippen LogP contribution in [0.2, 0.25) is 0 Å². The molecule has 0 aliphatic carbocycles. The fourth-order valence-corrected chi connectivity index (χ4v) is 0.712. The summed E-state index contributed by atoms with van der Waals surface area (Å²) in [6, 6.07) is 0. The van der Waals surface area contributed by atoms with Crippen molar-refractivity contribution in [2.75, 3.05) is 7.11 Å². The van der Waals surface area contributed by atoms with Crippen LogP contribution >= 0.6 is 0 Å². The lowest BCUT2D eigenvalue weighted by atomic mass is 10.0. The maximum atomic E-state index is 9.93. The van der Waals surface area contributed by atoms with E-state index >= 15 is 0 Å². The number of ether oxygens (including phenoxy) is 2. The predicted octanol–water partition coefficient (Wildman–Crippen LogP) is 1.03. The zero-order valence-corrected chi connectivity index (χ0v) is 7.24. The second kappa shape index (κ2) is 5.13. The first kappa shape index (κ1) is 10.4. The molecule has 3 nitrogen and oxygen atoms in total. The van der Waals surface area contributed by atoms with E-state index in [1.54, 1.807) is 7.11 Å². The van der Waals surface area contributed by atoms with Crippen molar-refractivity contribution in [2.24, 2.45) is 5.92 Å². The quantitative estimate of drug-likeness (QED) is 0.562.